The topological polar surface area (TPSA) is 41.6 Å². The van der Waals surface area contributed by atoms with Crippen LogP contribution in [0.4, 0.5) is 0 Å². The number of carbonyl (C=O) groups excluding carboxylic acids is 1. The molecule has 18 heavy (non-hydrogen) atoms. The zero-order valence-corrected chi connectivity index (χ0v) is 12.5. The average Bonchev–Trinajstić information content (AvgIpc) is 2.49. The molecule has 1 aliphatic rings. The largest absolute Gasteiger partial charge is 0.468 e. The van der Waals surface area contributed by atoms with Crippen LogP contribution in [-0.4, -0.2) is 50.2 Å². The molecule has 0 bridgehead atoms. The smallest absolute Gasteiger partial charge is 0.327 e. The first-order valence-corrected chi connectivity index (χ1v) is 6.83. The molecule has 1 unspecified atom stereocenters. The summed E-state index contributed by atoms with van der Waals surface area (Å²) in [5, 5.41) is 3.10. The minimum Gasteiger partial charge on any atom is -0.468 e. The third-order valence-corrected chi connectivity index (χ3v) is 4.16. The van der Waals surface area contributed by atoms with Crippen LogP contribution in [0.3, 0.4) is 0 Å². The van der Waals surface area contributed by atoms with Crippen molar-refractivity contribution < 1.29 is 9.53 Å². The number of nitrogens with zero attached hydrogens (tertiary/aromatic N) is 1. The second-order valence-corrected chi connectivity index (χ2v) is 6.37. The number of carbonyl (C=O) groups is 1. The summed E-state index contributed by atoms with van der Waals surface area (Å²) in [4.78, 5) is 14.2. The van der Waals surface area contributed by atoms with Crippen molar-refractivity contribution in [3.8, 4) is 0 Å². The molecule has 0 spiro atoms. The summed E-state index contributed by atoms with van der Waals surface area (Å²) in [5.41, 5.74) is -0.181. The monoisotopic (exact) mass is 256 g/mol. The molecule has 0 aromatic carbocycles. The van der Waals surface area contributed by atoms with Gasteiger partial charge in [0.25, 0.3) is 0 Å². The van der Waals surface area contributed by atoms with Crippen molar-refractivity contribution in [3.63, 3.8) is 0 Å². The molecule has 0 amide bonds. The van der Waals surface area contributed by atoms with E-state index in [2.05, 4.69) is 24.1 Å². The third-order valence-electron chi connectivity index (χ3n) is 4.16. The molecule has 1 aliphatic heterocycles. The van der Waals surface area contributed by atoms with E-state index in [4.69, 9.17) is 4.74 Å². The van der Waals surface area contributed by atoms with Crippen molar-refractivity contribution in [3.05, 3.63) is 0 Å². The highest BCUT2D eigenvalue weighted by Gasteiger charge is 2.35. The van der Waals surface area contributed by atoms with Crippen LogP contribution in [0.2, 0.25) is 0 Å². The molecule has 1 atom stereocenters. The summed E-state index contributed by atoms with van der Waals surface area (Å²) >= 11 is 0. The van der Waals surface area contributed by atoms with E-state index >= 15 is 0 Å². The van der Waals surface area contributed by atoms with Crippen LogP contribution in [0, 0.1) is 5.41 Å². The van der Waals surface area contributed by atoms with Crippen molar-refractivity contribution in [2.75, 3.05) is 33.8 Å². The first-order chi connectivity index (χ1) is 8.33. The fourth-order valence-corrected chi connectivity index (χ4v) is 2.56. The SMILES string of the molecule is CNC(C)(CN1CCCC(C)(C)CC1)C(=O)OC. The third kappa shape index (κ3) is 3.95. The Morgan fingerprint density at radius 1 is 1.39 bits per heavy atom. The molecule has 1 saturated heterocycles. The number of hydrogen-bond donors (Lipinski definition) is 1. The second-order valence-electron chi connectivity index (χ2n) is 6.37. The van der Waals surface area contributed by atoms with Crippen LogP contribution in [0.15, 0.2) is 0 Å². The van der Waals surface area contributed by atoms with E-state index in [0.717, 1.165) is 13.1 Å². The van der Waals surface area contributed by atoms with E-state index in [1.807, 2.05) is 14.0 Å². The van der Waals surface area contributed by atoms with Crippen LogP contribution in [0.25, 0.3) is 0 Å². The predicted molar refractivity (Wildman–Crippen MR) is 73.6 cm³/mol. The lowest BCUT2D eigenvalue weighted by Gasteiger charge is -2.32. The van der Waals surface area contributed by atoms with Gasteiger partial charge in [-0.2, -0.15) is 0 Å². The number of hydrogen-bond acceptors (Lipinski definition) is 4. The lowest BCUT2D eigenvalue weighted by atomic mass is 9.85. The molecule has 1 rings (SSSR count). The van der Waals surface area contributed by atoms with Gasteiger partial charge in [0.15, 0.2) is 0 Å². The molecule has 1 fully saturated rings. The maximum absolute atomic E-state index is 11.8. The van der Waals surface area contributed by atoms with Gasteiger partial charge in [0, 0.05) is 6.54 Å². The van der Waals surface area contributed by atoms with Crippen molar-refractivity contribution in [2.45, 2.75) is 45.6 Å². The highest BCUT2D eigenvalue weighted by molar-refractivity contribution is 5.80. The molecule has 1 N–H and O–H groups in total. The molecule has 0 aromatic rings. The Labute approximate surface area is 111 Å². The van der Waals surface area contributed by atoms with Gasteiger partial charge in [-0.05, 0) is 51.7 Å². The lowest BCUT2D eigenvalue weighted by Crippen LogP contribution is -2.56. The quantitative estimate of drug-likeness (QED) is 0.777. The standard InChI is InChI=1S/C14H28N2O2/c1-13(2)7-6-9-16(10-8-13)11-14(3,15-4)12(17)18-5/h15H,6-11H2,1-5H3. The Hall–Kier alpha value is -0.610. The van der Waals surface area contributed by atoms with Gasteiger partial charge in [-0.3, -0.25) is 4.79 Å². The van der Waals surface area contributed by atoms with Gasteiger partial charge in [0.2, 0.25) is 0 Å². The van der Waals surface area contributed by atoms with Gasteiger partial charge in [-0.1, -0.05) is 13.8 Å². The van der Waals surface area contributed by atoms with E-state index < -0.39 is 5.54 Å². The minimum atomic E-state index is -0.608. The number of ether oxygens (including phenoxy) is 1. The van der Waals surface area contributed by atoms with Crippen molar-refractivity contribution in [1.82, 2.24) is 10.2 Å². The van der Waals surface area contributed by atoms with Gasteiger partial charge in [-0.25, -0.2) is 0 Å². The molecule has 4 nitrogen and oxygen atoms in total. The maximum Gasteiger partial charge on any atom is 0.327 e. The zero-order valence-electron chi connectivity index (χ0n) is 12.5. The number of likely N-dealkylation sites (tertiary alicyclic amines) is 1. The van der Waals surface area contributed by atoms with E-state index in [-0.39, 0.29) is 5.97 Å². The van der Waals surface area contributed by atoms with E-state index in [1.165, 1.54) is 26.4 Å². The van der Waals surface area contributed by atoms with E-state index in [1.54, 1.807) is 0 Å². The maximum atomic E-state index is 11.8. The Kier molecular flexibility index (Phi) is 5.17. The molecule has 0 radical (unpaired) electrons. The van der Waals surface area contributed by atoms with Crippen LogP contribution in [0.1, 0.15) is 40.0 Å². The lowest BCUT2D eigenvalue weighted by molar-refractivity contribution is -0.148. The van der Waals surface area contributed by atoms with Crippen molar-refractivity contribution in [2.24, 2.45) is 5.41 Å². The van der Waals surface area contributed by atoms with Gasteiger partial charge < -0.3 is 15.0 Å². The van der Waals surface area contributed by atoms with Gasteiger partial charge in [-0.15, -0.1) is 0 Å². The van der Waals surface area contributed by atoms with E-state index in [9.17, 15) is 4.79 Å². The normalized spacial score (nSPS) is 24.1. The number of rotatable bonds is 4. The first-order valence-electron chi connectivity index (χ1n) is 6.83. The summed E-state index contributed by atoms with van der Waals surface area (Å²) in [6, 6.07) is 0. The summed E-state index contributed by atoms with van der Waals surface area (Å²) in [5.74, 6) is -0.187. The van der Waals surface area contributed by atoms with E-state index in [0.29, 0.717) is 12.0 Å². The Balaban J connectivity index is 2.63. The summed E-state index contributed by atoms with van der Waals surface area (Å²) in [6.07, 6.45) is 3.65. The van der Waals surface area contributed by atoms with Gasteiger partial charge in [0.05, 0.1) is 7.11 Å². The molecule has 106 valence electrons. The molecule has 1 heterocycles. The number of nitrogens with one attached hydrogen (secondary N) is 1. The summed E-state index contributed by atoms with van der Waals surface area (Å²) in [6.45, 7) is 9.40. The van der Waals surface area contributed by atoms with Crippen LogP contribution in [0.5, 0.6) is 0 Å². The van der Waals surface area contributed by atoms with Crippen LogP contribution >= 0.6 is 0 Å². The number of methoxy groups -OCH3 is 1. The highest BCUT2D eigenvalue weighted by atomic mass is 16.5. The molecular formula is C14H28N2O2. The zero-order chi connectivity index (χ0) is 13.8. The van der Waals surface area contributed by atoms with Gasteiger partial charge in [0.1, 0.15) is 5.54 Å². The predicted octanol–water partition coefficient (Wildman–Crippen LogP) is 1.65. The van der Waals surface area contributed by atoms with Crippen molar-refractivity contribution >= 4 is 5.97 Å². The molecular weight excluding hydrogens is 228 g/mol. The number of likely N-dealkylation sites (N-methyl/N-ethyl adjacent to an activating group) is 1. The Bertz CT molecular complexity index is 292. The fourth-order valence-electron chi connectivity index (χ4n) is 2.56. The summed E-state index contributed by atoms with van der Waals surface area (Å²) < 4.78 is 4.89. The molecule has 0 aliphatic carbocycles. The minimum absolute atomic E-state index is 0.187. The second kappa shape index (κ2) is 6.02. The molecule has 0 saturated carbocycles. The molecule has 4 heteroatoms. The average molecular weight is 256 g/mol. The number of esters is 1. The Morgan fingerprint density at radius 2 is 2.06 bits per heavy atom. The molecule has 0 aromatic heterocycles. The van der Waals surface area contributed by atoms with Gasteiger partial charge >= 0.3 is 5.97 Å². The Morgan fingerprint density at radius 3 is 2.61 bits per heavy atom. The van der Waals surface area contributed by atoms with Crippen LogP contribution < -0.4 is 5.32 Å². The first kappa shape index (κ1) is 15.4. The fraction of sp³-hybridized carbons (Fsp3) is 0.929. The highest BCUT2D eigenvalue weighted by Crippen LogP contribution is 2.30. The van der Waals surface area contributed by atoms with Crippen molar-refractivity contribution in [1.29, 1.82) is 0 Å². The summed E-state index contributed by atoms with van der Waals surface area (Å²) in [7, 11) is 3.27. The van der Waals surface area contributed by atoms with Crippen LogP contribution in [-0.2, 0) is 9.53 Å².